The van der Waals surface area contributed by atoms with Gasteiger partial charge in [0, 0.05) is 6.04 Å². The van der Waals surface area contributed by atoms with Crippen molar-refractivity contribution in [3.8, 4) is 0 Å². The molecule has 1 saturated carbocycles. The summed E-state index contributed by atoms with van der Waals surface area (Å²) < 4.78 is 5.12. The Morgan fingerprint density at radius 1 is 1.62 bits per heavy atom. The largest absolute Gasteiger partial charge is 0.469 e. The SMILES string of the molecule is Cc1occc1C(=O)NC1CCCC1CN. The molecule has 1 aliphatic carbocycles. The molecule has 3 N–H and O–H groups in total. The van der Waals surface area contributed by atoms with Gasteiger partial charge in [-0.2, -0.15) is 0 Å². The zero-order chi connectivity index (χ0) is 11.5. The van der Waals surface area contributed by atoms with Gasteiger partial charge in [-0.05, 0) is 38.3 Å². The molecule has 4 heteroatoms. The monoisotopic (exact) mass is 222 g/mol. The molecule has 4 nitrogen and oxygen atoms in total. The lowest BCUT2D eigenvalue weighted by Crippen LogP contribution is -2.39. The molecule has 2 atom stereocenters. The molecule has 1 aliphatic rings. The van der Waals surface area contributed by atoms with Gasteiger partial charge in [0.1, 0.15) is 5.76 Å². The topological polar surface area (TPSA) is 68.3 Å². The van der Waals surface area contributed by atoms with E-state index in [4.69, 9.17) is 10.2 Å². The summed E-state index contributed by atoms with van der Waals surface area (Å²) in [5.41, 5.74) is 6.31. The predicted molar refractivity (Wildman–Crippen MR) is 61.1 cm³/mol. The molecule has 2 unspecified atom stereocenters. The molecule has 1 aromatic heterocycles. The predicted octanol–water partition coefficient (Wildman–Crippen LogP) is 1.45. The summed E-state index contributed by atoms with van der Waals surface area (Å²) in [5, 5.41) is 3.04. The summed E-state index contributed by atoms with van der Waals surface area (Å²) in [6, 6.07) is 1.93. The Labute approximate surface area is 95.2 Å². The van der Waals surface area contributed by atoms with Crippen LogP contribution in [0.15, 0.2) is 16.7 Å². The van der Waals surface area contributed by atoms with Crippen molar-refractivity contribution < 1.29 is 9.21 Å². The molecule has 1 heterocycles. The number of amides is 1. The van der Waals surface area contributed by atoms with Crippen molar-refractivity contribution in [2.75, 3.05) is 6.54 Å². The average molecular weight is 222 g/mol. The third-order valence-electron chi connectivity index (χ3n) is 3.38. The van der Waals surface area contributed by atoms with Gasteiger partial charge in [-0.1, -0.05) is 6.42 Å². The van der Waals surface area contributed by atoms with E-state index in [1.165, 1.54) is 0 Å². The fourth-order valence-corrected chi connectivity index (χ4v) is 2.38. The van der Waals surface area contributed by atoms with E-state index < -0.39 is 0 Å². The summed E-state index contributed by atoms with van der Waals surface area (Å²) in [4.78, 5) is 11.9. The minimum atomic E-state index is -0.0448. The molecular formula is C12H18N2O2. The van der Waals surface area contributed by atoms with E-state index in [9.17, 15) is 4.79 Å². The summed E-state index contributed by atoms with van der Waals surface area (Å²) in [6.07, 6.45) is 4.84. The molecule has 2 rings (SSSR count). The highest BCUT2D eigenvalue weighted by Crippen LogP contribution is 2.25. The lowest BCUT2D eigenvalue weighted by Gasteiger charge is -2.19. The first kappa shape index (κ1) is 11.2. The van der Waals surface area contributed by atoms with Gasteiger partial charge in [-0.25, -0.2) is 0 Å². The second-order valence-electron chi connectivity index (χ2n) is 4.40. The van der Waals surface area contributed by atoms with Crippen molar-refractivity contribution in [3.05, 3.63) is 23.7 Å². The van der Waals surface area contributed by atoms with E-state index in [0.29, 0.717) is 23.8 Å². The van der Waals surface area contributed by atoms with Crippen molar-refractivity contribution in [3.63, 3.8) is 0 Å². The number of hydrogen-bond donors (Lipinski definition) is 2. The molecule has 1 amide bonds. The minimum absolute atomic E-state index is 0.0448. The van der Waals surface area contributed by atoms with Gasteiger partial charge < -0.3 is 15.5 Å². The van der Waals surface area contributed by atoms with Crippen LogP contribution in [0.4, 0.5) is 0 Å². The van der Waals surface area contributed by atoms with Crippen LogP contribution >= 0.6 is 0 Å². The van der Waals surface area contributed by atoms with Crippen LogP contribution in [0.2, 0.25) is 0 Å². The highest BCUT2D eigenvalue weighted by atomic mass is 16.3. The highest BCUT2D eigenvalue weighted by Gasteiger charge is 2.28. The normalized spacial score (nSPS) is 24.6. The Morgan fingerprint density at radius 2 is 2.44 bits per heavy atom. The molecule has 0 spiro atoms. The number of hydrogen-bond acceptors (Lipinski definition) is 3. The Balaban J connectivity index is 2.00. The zero-order valence-corrected chi connectivity index (χ0v) is 9.53. The number of rotatable bonds is 3. The van der Waals surface area contributed by atoms with Crippen molar-refractivity contribution in [2.45, 2.75) is 32.2 Å². The Hall–Kier alpha value is -1.29. The molecule has 16 heavy (non-hydrogen) atoms. The summed E-state index contributed by atoms with van der Waals surface area (Å²) in [6.45, 7) is 2.44. The van der Waals surface area contributed by atoms with Crippen LogP contribution in [-0.2, 0) is 0 Å². The molecule has 1 aromatic rings. The van der Waals surface area contributed by atoms with E-state index in [0.717, 1.165) is 19.3 Å². The van der Waals surface area contributed by atoms with Crippen LogP contribution in [0.25, 0.3) is 0 Å². The summed E-state index contributed by atoms with van der Waals surface area (Å²) >= 11 is 0. The van der Waals surface area contributed by atoms with Gasteiger partial charge in [-0.3, -0.25) is 4.79 Å². The van der Waals surface area contributed by atoms with Crippen molar-refractivity contribution in [2.24, 2.45) is 11.7 Å². The summed E-state index contributed by atoms with van der Waals surface area (Å²) in [5.74, 6) is 1.05. The van der Waals surface area contributed by atoms with Gasteiger partial charge in [0.25, 0.3) is 5.91 Å². The first-order chi connectivity index (χ1) is 7.72. The third-order valence-corrected chi connectivity index (χ3v) is 3.38. The highest BCUT2D eigenvalue weighted by molar-refractivity contribution is 5.95. The van der Waals surface area contributed by atoms with Gasteiger partial charge in [0.2, 0.25) is 0 Å². The van der Waals surface area contributed by atoms with Crippen LogP contribution in [0.3, 0.4) is 0 Å². The molecule has 0 aliphatic heterocycles. The Morgan fingerprint density at radius 3 is 3.06 bits per heavy atom. The van der Waals surface area contributed by atoms with Crippen LogP contribution in [0.1, 0.15) is 35.4 Å². The fraction of sp³-hybridized carbons (Fsp3) is 0.583. The number of nitrogens with one attached hydrogen (secondary N) is 1. The maximum Gasteiger partial charge on any atom is 0.255 e. The molecule has 88 valence electrons. The fourth-order valence-electron chi connectivity index (χ4n) is 2.38. The lowest BCUT2D eigenvalue weighted by molar-refractivity contribution is 0.0927. The number of carbonyl (C=O) groups excluding carboxylic acids is 1. The van der Waals surface area contributed by atoms with Crippen molar-refractivity contribution >= 4 is 5.91 Å². The Bertz CT molecular complexity index is 373. The van der Waals surface area contributed by atoms with Gasteiger partial charge in [0.15, 0.2) is 0 Å². The number of aryl methyl sites for hydroxylation is 1. The number of nitrogens with two attached hydrogens (primary N) is 1. The van der Waals surface area contributed by atoms with E-state index in [1.54, 1.807) is 19.3 Å². The zero-order valence-electron chi connectivity index (χ0n) is 9.53. The third kappa shape index (κ3) is 2.11. The van der Waals surface area contributed by atoms with Crippen LogP contribution < -0.4 is 11.1 Å². The standard InChI is InChI=1S/C12H18N2O2/c1-8-10(5-6-16-8)12(15)14-11-4-2-3-9(11)7-13/h5-6,9,11H,2-4,7,13H2,1H3,(H,14,15). The number of furan rings is 1. The lowest BCUT2D eigenvalue weighted by atomic mass is 10.0. The van der Waals surface area contributed by atoms with Gasteiger partial charge in [-0.15, -0.1) is 0 Å². The maximum atomic E-state index is 11.9. The quantitative estimate of drug-likeness (QED) is 0.813. The maximum absolute atomic E-state index is 11.9. The van der Waals surface area contributed by atoms with Gasteiger partial charge >= 0.3 is 0 Å². The number of carbonyl (C=O) groups is 1. The molecule has 0 aromatic carbocycles. The average Bonchev–Trinajstić information content (AvgIpc) is 2.86. The molecular weight excluding hydrogens is 204 g/mol. The second kappa shape index (κ2) is 4.70. The van der Waals surface area contributed by atoms with Crippen LogP contribution in [-0.4, -0.2) is 18.5 Å². The second-order valence-corrected chi connectivity index (χ2v) is 4.40. The van der Waals surface area contributed by atoms with Crippen LogP contribution in [0.5, 0.6) is 0 Å². The van der Waals surface area contributed by atoms with E-state index in [-0.39, 0.29) is 11.9 Å². The molecule has 1 fully saturated rings. The van der Waals surface area contributed by atoms with Crippen LogP contribution in [0, 0.1) is 12.8 Å². The first-order valence-electron chi connectivity index (χ1n) is 5.77. The van der Waals surface area contributed by atoms with Crippen molar-refractivity contribution in [1.82, 2.24) is 5.32 Å². The van der Waals surface area contributed by atoms with Gasteiger partial charge in [0.05, 0.1) is 11.8 Å². The van der Waals surface area contributed by atoms with E-state index in [1.807, 2.05) is 0 Å². The molecule has 0 saturated heterocycles. The smallest absolute Gasteiger partial charge is 0.255 e. The first-order valence-corrected chi connectivity index (χ1v) is 5.77. The van der Waals surface area contributed by atoms with E-state index >= 15 is 0 Å². The van der Waals surface area contributed by atoms with Crippen molar-refractivity contribution in [1.29, 1.82) is 0 Å². The molecule has 0 bridgehead atoms. The summed E-state index contributed by atoms with van der Waals surface area (Å²) in [7, 11) is 0. The van der Waals surface area contributed by atoms with E-state index in [2.05, 4.69) is 5.32 Å². The minimum Gasteiger partial charge on any atom is -0.469 e. The Kier molecular flexibility index (Phi) is 3.29. The molecule has 0 radical (unpaired) electrons.